The molecule has 13 heteroatoms. The van der Waals surface area contributed by atoms with Gasteiger partial charge in [0.2, 0.25) is 10.0 Å². The van der Waals surface area contributed by atoms with Crippen molar-refractivity contribution in [1.29, 1.82) is 0 Å². The third kappa shape index (κ3) is 4.25. The summed E-state index contributed by atoms with van der Waals surface area (Å²) >= 11 is 0. The number of hydrogen-bond donors (Lipinski definition) is 0. The maximum Gasteiger partial charge on any atom is 0.573 e. The van der Waals surface area contributed by atoms with E-state index in [0.717, 1.165) is 24.3 Å². The van der Waals surface area contributed by atoms with Gasteiger partial charge in [-0.15, -0.1) is 13.2 Å². The normalized spacial score (nSPS) is 18.1. The molecule has 0 aliphatic carbocycles. The van der Waals surface area contributed by atoms with Gasteiger partial charge in [0.15, 0.2) is 5.65 Å². The van der Waals surface area contributed by atoms with Crippen LogP contribution in [0.25, 0.3) is 5.65 Å². The Morgan fingerprint density at radius 3 is 2.56 bits per heavy atom. The summed E-state index contributed by atoms with van der Waals surface area (Å²) in [6, 6.07) is 5.14. The molecule has 0 saturated carbocycles. The van der Waals surface area contributed by atoms with E-state index in [1.165, 1.54) is 19.9 Å². The van der Waals surface area contributed by atoms with Crippen molar-refractivity contribution < 1.29 is 31.1 Å². The summed E-state index contributed by atoms with van der Waals surface area (Å²) in [7, 11) is -3.98. The third-order valence-electron chi connectivity index (χ3n) is 5.03. The number of benzene rings is 1. The molecule has 1 aromatic carbocycles. The summed E-state index contributed by atoms with van der Waals surface area (Å²) in [6.07, 6.45) is -0.236. The number of hydrogen-bond acceptors (Lipinski definition) is 6. The molecule has 1 amide bonds. The second-order valence-corrected chi connectivity index (χ2v) is 9.07. The van der Waals surface area contributed by atoms with Crippen LogP contribution in [0.5, 0.6) is 5.75 Å². The molecule has 170 valence electrons. The number of nitrogens with zero attached hydrogens (tertiary/aromatic N) is 5. The minimum atomic E-state index is -4.87. The van der Waals surface area contributed by atoms with Crippen LogP contribution >= 0.6 is 0 Å². The van der Waals surface area contributed by atoms with E-state index < -0.39 is 28.2 Å². The van der Waals surface area contributed by atoms with Crippen LogP contribution in [-0.2, 0) is 10.0 Å². The Morgan fingerprint density at radius 1 is 1.19 bits per heavy atom. The van der Waals surface area contributed by atoms with Gasteiger partial charge in [-0.2, -0.15) is 9.40 Å². The first kappa shape index (κ1) is 22.0. The molecule has 9 nitrogen and oxygen atoms in total. The number of piperazine rings is 1. The van der Waals surface area contributed by atoms with Crippen molar-refractivity contribution in [3.8, 4) is 5.75 Å². The van der Waals surface area contributed by atoms with E-state index in [-0.39, 0.29) is 30.4 Å². The summed E-state index contributed by atoms with van der Waals surface area (Å²) in [6.45, 7) is 1.97. The Hall–Kier alpha value is -3.19. The molecule has 0 spiro atoms. The van der Waals surface area contributed by atoms with Crippen LogP contribution in [0.2, 0.25) is 0 Å². The van der Waals surface area contributed by atoms with Gasteiger partial charge in [0, 0.05) is 38.1 Å². The fraction of sp³-hybridized carbons (Fsp3) is 0.316. The number of rotatable bonds is 4. The Bertz CT molecular complexity index is 1240. The summed E-state index contributed by atoms with van der Waals surface area (Å²) in [5, 5.41) is 4.10. The fourth-order valence-electron chi connectivity index (χ4n) is 3.58. The summed E-state index contributed by atoms with van der Waals surface area (Å²) in [5.74, 6) is -0.821. The number of alkyl halides is 3. The number of halogens is 3. The molecule has 1 atom stereocenters. The Balaban J connectivity index is 1.48. The highest BCUT2D eigenvalue weighted by Crippen LogP contribution is 2.27. The zero-order valence-corrected chi connectivity index (χ0v) is 17.5. The predicted octanol–water partition coefficient (Wildman–Crippen LogP) is 2.16. The van der Waals surface area contributed by atoms with Gasteiger partial charge in [0.1, 0.15) is 11.3 Å². The van der Waals surface area contributed by atoms with Crippen molar-refractivity contribution >= 4 is 21.6 Å². The van der Waals surface area contributed by atoms with Crippen LogP contribution in [0, 0.1) is 0 Å². The largest absolute Gasteiger partial charge is 0.573 e. The van der Waals surface area contributed by atoms with Crippen molar-refractivity contribution in [2.24, 2.45) is 0 Å². The van der Waals surface area contributed by atoms with Crippen LogP contribution < -0.4 is 4.74 Å². The molecule has 1 saturated heterocycles. The highest BCUT2D eigenvalue weighted by atomic mass is 32.2. The number of aromatic nitrogens is 3. The topological polar surface area (TPSA) is 97.1 Å². The van der Waals surface area contributed by atoms with Crippen molar-refractivity contribution in [2.75, 3.05) is 19.6 Å². The van der Waals surface area contributed by atoms with Gasteiger partial charge in [0.25, 0.3) is 5.91 Å². The van der Waals surface area contributed by atoms with E-state index in [9.17, 15) is 26.4 Å². The summed E-state index contributed by atoms with van der Waals surface area (Å²) in [4.78, 5) is 18.5. The molecular weight excluding hydrogens is 451 g/mol. The number of sulfonamides is 1. The zero-order chi connectivity index (χ0) is 23.1. The molecule has 2 aromatic heterocycles. The molecule has 3 aromatic rings. The minimum Gasteiger partial charge on any atom is -0.406 e. The molecular formula is C19H18F3N5O4S. The molecule has 0 unspecified atom stereocenters. The zero-order valence-electron chi connectivity index (χ0n) is 16.7. The van der Waals surface area contributed by atoms with E-state index >= 15 is 0 Å². The molecule has 1 fully saturated rings. The first-order valence-electron chi connectivity index (χ1n) is 9.51. The van der Waals surface area contributed by atoms with Crippen LogP contribution in [0.3, 0.4) is 0 Å². The van der Waals surface area contributed by atoms with E-state index in [1.807, 2.05) is 0 Å². The predicted molar refractivity (Wildman–Crippen MR) is 105 cm³/mol. The van der Waals surface area contributed by atoms with E-state index in [4.69, 9.17) is 0 Å². The molecule has 1 aliphatic heterocycles. The van der Waals surface area contributed by atoms with Gasteiger partial charge in [-0.1, -0.05) is 0 Å². The number of ether oxygens (including phenoxy) is 1. The fourth-order valence-corrected chi connectivity index (χ4v) is 5.19. The third-order valence-corrected chi connectivity index (χ3v) is 7.06. The van der Waals surface area contributed by atoms with E-state index in [2.05, 4.69) is 14.8 Å². The second-order valence-electron chi connectivity index (χ2n) is 7.18. The Morgan fingerprint density at radius 2 is 1.91 bits per heavy atom. The average molecular weight is 469 g/mol. The molecule has 3 heterocycles. The van der Waals surface area contributed by atoms with Crippen molar-refractivity contribution in [3.05, 3.63) is 54.5 Å². The molecule has 1 aliphatic rings. The molecule has 0 bridgehead atoms. The van der Waals surface area contributed by atoms with Gasteiger partial charge in [-0.25, -0.2) is 17.9 Å². The standard InChI is InChI=1S/C19H18F3N5O4S/c1-13-12-25(18(28)16-11-24-26-8-2-7-23-17(16)26)9-10-27(13)32(29,30)15-5-3-14(4-6-15)31-19(20,21)22/h2-8,11,13H,9-10,12H2,1H3/t13-/m1/s1. The van der Waals surface area contributed by atoms with E-state index in [1.54, 1.807) is 25.4 Å². The number of carbonyl (C=O) groups excluding carboxylic acids is 1. The van der Waals surface area contributed by atoms with Crippen molar-refractivity contribution in [1.82, 2.24) is 23.8 Å². The lowest BCUT2D eigenvalue weighted by atomic mass is 10.2. The van der Waals surface area contributed by atoms with Gasteiger partial charge < -0.3 is 9.64 Å². The Kier molecular flexibility index (Phi) is 5.54. The highest BCUT2D eigenvalue weighted by molar-refractivity contribution is 7.89. The van der Waals surface area contributed by atoms with Gasteiger partial charge in [-0.3, -0.25) is 4.79 Å². The molecule has 32 heavy (non-hydrogen) atoms. The lowest BCUT2D eigenvalue weighted by molar-refractivity contribution is -0.274. The molecule has 4 rings (SSSR count). The lowest BCUT2D eigenvalue weighted by Gasteiger charge is -2.38. The quantitative estimate of drug-likeness (QED) is 0.581. The summed E-state index contributed by atoms with van der Waals surface area (Å²) < 4.78 is 69.5. The number of amides is 1. The number of carbonyl (C=O) groups is 1. The monoisotopic (exact) mass is 469 g/mol. The summed E-state index contributed by atoms with van der Waals surface area (Å²) in [5.41, 5.74) is 0.718. The maximum atomic E-state index is 13.0. The van der Waals surface area contributed by atoms with Gasteiger partial charge in [-0.05, 0) is 37.3 Å². The van der Waals surface area contributed by atoms with Crippen LogP contribution in [-0.4, -0.2) is 70.2 Å². The Labute approximate surface area is 181 Å². The van der Waals surface area contributed by atoms with Crippen molar-refractivity contribution in [3.63, 3.8) is 0 Å². The maximum absolute atomic E-state index is 13.0. The minimum absolute atomic E-state index is 0.0304. The van der Waals surface area contributed by atoms with Crippen LogP contribution in [0.4, 0.5) is 13.2 Å². The van der Waals surface area contributed by atoms with Gasteiger partial charge >= 0.3 is 6.36 Å². The van der Waals surface area contributed by atoms with Gasteiger partial charge in [0.05, 0.1) is 11.1 Å². The number of fused-ring (bicyclic) bond motifs is 1. The van der Waals surface area contributed by atoms with Crippen LogP contribution in [0.1, 0.15) is 17.3 Å². The highest BCUT2D eigenvalue weighted by Gasteiger charge is 2.36. The average Bonchev–Trinajstić information content (AvgIpc) is 3.16. The second kappa shape index (κ2) is 8.06. The van der Waals surface area contributed by atoms with Crippen molar-refractivity contribution in [2.45, 2.75) is 24.2 Å². The first-order valence-corrected chi connectivity index (χ1v) is 11.0. The van der Waals surface area contributed by atoms with Crippen LogP contribution in [0.15, 0.2) is 53.8 Å². The molecule has 0 radical (unpaired) electrons. The lowest BCUT2D eigenvalue weighted by Crippen LogP contribution is -2.55. The SMILES string of the molecule is C[C@@H]1CN(C(=O)c2cnn3cccnc23)CCN1S(=O)(=O)c1ccc(OC(F)(F)F)cc1. The first-order chi connectivity index (χ1) is 15.1. The van der Waals surface area contributed by atoms with E-state index in [0.29, 0.717) is 11.2 Å². The molecule has 0 N–H and O–H groups in total. The smallest absolute Gasteiger partial charge is 0.406 e.